The fraction of sp³-hybridized carbons (Fsp3) is 1.00. The minimum Gasteiger partial charge on any atom is -0.396 e. The van der Waals surface area contributed by atoms with Gasteiger partial charge in [-0.25, -0.2) is 4.89 Å². The lowest BCUT2D eigenvalue weighted by Gasteiger charge is -2.53. The van der Waals surface area contributed by atoms with Gasteiger partial charge in [0.2, 0.25) is 5.79 Å². The van der Waals surface area contributed by atoms with Crippen molar-refractivity contribution in [3.05, 3.63) is 0 Å². The van der Waals surface area contributed by atoms with Gasteiger partial charge in [0, 0.05) is 19.1 Å². The molecule has 0 radical (unpaired) electrons. The Morgan fingerprint density at radius 1 is 1.19 bits per heavy atom. The lowest BCUT2D eigenvalue weighted by Crippen LogP contribution is -2.64. The van der Waals surface area contributed by atoms with Gasteiger partial charge >= 0.3 is 0 Å². The number of aliphatic hydroxyl groups excluding tert-OH is 1. The molecule has 0 amide bonds. The molecule has 21 heavy (non-hydrogen) atoms. The molecule has 1 saturated carbocycles. The first-order valence-corrected chi connectivity index (χ1v) is 8.08. The van der Waals surface area contributed by atoms with Gasteiger partial charge in [-0.1, -0.05) is 20.3 Å². The zero-order valence-electron chi connectivity index (χ0n) is 13.6. The van der Waals surface area contributed by atoms with Crippen LogP contribution >= 0.6 is 0 Å². The van der Waals surface area contributed by atoms with Crippen molar-refractivity contribution in [2.75, 3.05) is 13.7 Å². The Hall–Kier alpha value is -0.200. The van der Waals surface area contributed by atoms with Crippen LogP contribution in [0.15, 0.2) is 0 Å². The SMILES string of the molecule is CO[C@H]1O[C@@]2(C)OOC13C(CCC[C@H]3CCO)CC2(C)C. The third-order valence-electron chi connectivity index (χ3n) is 6.10. The molecule has 5 heteroatoms. The molecule has 1 aliphatic carbocycles. The van der Waals surface area contributed by atoms with Crippen LogP contribution in [-0.2, 0) is 19.2 Å². The van der Waals surface area contributed by atoms with Crippen LogP contribution in [0.5, 0.6) is 0 Å². The lowest BCUT2D eigenvalue weighted by molar-refractivity contribution is -0.566. The van der Waals surface area contributed by atoms with E-state index in [0.717, 1.165) is 25.7 Å². The van der Waals surface area contributed by atoms with Crippen molar-refractivity contribution in [2.24, 2.45) is 17.3 Å². The Labute approximate surface area is 126 Å². The van der Waals surface area contributed by atoms with E-state index in [1.165, 1.54) is 0 Å². The fourth-order valence-electron chi connectivity index (χ4n) is 4.52. The number of methoxy groups -OCH3 is 1. The van der Waals surface area contributed by atoms with E-state index in [0.29, 0.717) is 12.3 Å². The van der Waals surface area contributed by atoms with Crippen molar-refractivity contribution in [1.82, 2.24) is 0 Å². The Morgan fingerprint density at radius 3 is 2.62 bits per heavy atom. The molecule has 3 aliphatic heterocycles. The number of fused-ring (bicyclic) bond motifs is 3. The van der Waals surface area contributed by atoms with Crippen LogP contribution in [0.4, 0.5) is 0 Å². The summed E-state index contributed by atoms with van der Waals surface area (Å²) in [6.07, 6.45) is 4.49. The van der Waals surface area contributed by atoms with Crippen molar-refractivity contribution in [1.29, 1.82) is 0 Å². The first kappa shape index (κ1) is 15.7. The number of ether oxygens (including phenoxy) is 2. The van der Waals surface area contributed by atoms with Gasteiger partial charge in [0.1, 0.15) is 0 Å². The van der Waals surface area contributed by atoms with E-state index in [9.17, 15) is 5.11 Å². The normalized spacial score (nSPS) is 48.7. The predicted molar refractivity (Wildman–Crippen MR) is 76.1 cm³/mol. The standard InChI is InChI=1S/C16H28O5/c1-14(2)10-12-7-5-6-11(8-9-17)16(12)13(18-4)19-15(14,3)20-21-16/h11-13,17H,5-10H2,1-4H3/t11-,12?,13-,15-,16?/m0/s1. The first-order valence-electron chi connectivity index (χ1n) is 8.08. The van der Waals surface area contributed by atoms with Gasteiger partial charge < -0.3 is 14.6 Å². The highest BCUT2D eigenvalue weighted by atomic mass is 17.3. The number of aliphatic hydroxyl groups is 1. The van der Waals surface area contributed by atoms with Gasteiger partial charge in [-0.15, -0.1) is 0 Å². The second-order valence-corrected chi connectivity index (χ2v) is 7.58. The smallest absolute Gasteiger partial charge is 0.206 e. The van der Waals surface area contributed by atoms with Crippen molar-refractivity contribution < 1.29 is 24.4 Å². The molecule has 2 unspecified atom stereocenters. The molecule has 1 spiro atoms. The predicted octanol–water partition coefficient (Wildman–Crippen LogP) is 2.62. The third kappa shape index (κ3) is 2.09. The molecule has 0 aromatic rings. The topological polar surface area (TPSA) is 57.2 Å². The summed E-state index contributed by atoms with van der Waals surface area (Å²) >= 11 is 0. The Morgan fingerprint density at radius 2 is 1.95 bits per heavy atom. The van der Waals surface area contributed by atoms with Gasteiger partial charge in [-0.05, 0) is 44.4 Å². The third-order valence-corrected chi connectivity index (χ3v) is 6.10. The zero-order valence-corrected chi connectivity index (χ0v) is 13.6. The minimum absolute atomic E-state index is 0.152. The Balaban J connectivity index is 2.05. The van der Waals surface area contributed by atoms with E-state index in [2.05, 4.69) is 13.8 Å². The molecule has 3 saturated heterocycles. The molecule has 4 rings (SSSR count). The maximum absolute atomic E-state index is 9.44. The average Bonchev–Trinajstić information content (AvgIpc) is 2.57. The lowest BCUT2D eigenvalue weighted by atomic mass is 9.62. The molecule has 2 bridgehead atoms. The highest BCUT2D eigenvalue weighted by molar-refractivity contribution is 5.07. The van der Waals surface area contributed by atoms with Gasteiger partial charge in [0.15, 0.2) is 11.9 Å². The molecule has 5 atom stereocenters. The molecular formula is C16H28O5. The molecule has 0 aromatic heterocycles. The molecule has 5 nitrogen and oxygen atoms in total. The summed E-state index contributed by atoms with van der Waals surface area (Å²) in [4.78, 5) is 11.8. The van der Waals surface area contributed by atoms with Crippen molar-refractivity contribution in [2.45, 2.75) is 70.6 Å². The van der Waals surface area contributed by atoms with Gasteiger partial charge in [-0.3, -0.25) is 0 Å². The number of rotatable bonds is 3. The van der Waals surface area contributed by atoms with E-state index in [-0.39, 0.29) is 17.9 Å². The summed E-state index contributed by atoms with van der Waals surface area (Å²) in [5.41, 5.74) is -0.753. The van der Waals surface area contributed by atoms with Crippen LogP contribution in [0.25, 0.3) is 0 Å². The summed E-state index contributed by atoms with van der Waals surface area (Å²) in [5, 5.41) is 9.44. The summed E-state index contributed by atoms with van der Waals surface area (Å²) in [7, 11) is 1.67. The molecule has 122 valence electrons. The molecule has 0 aromatic carbocycles. The van der Waals surface area contributed by atoms with E-state index in [1.807, 2.05) is 6.92 Å². The van der Waals surface area contributed by atoms with Crippen LogP contribution in [0, 0.1) is 17.3 Å². The van der Waals surface area contributed by atoms with Gasteiger partial charge in [0.05, 0.1) is 0 Å². The number of hydrogen-bond donors (Lipinski definition) is 1. The van der Waals surface area contributed by atoms with E-state index in [1.54, 1.807) is 7.11 Å². The zero-order chi connectivity index (χ0) is 15.3. The van der Waals surface area contributed by atoms with Crippen LogP contribution in [0.2, 0.25) is 0 Å². The second-order valence-electron chi connectivity index (χ2n) is 7.58. The van der Waals surface area contributed by atoms with Crippen molar-refractivity contribution >= 4 is 0 Å². The summed E-state index contributed by atoms with van der Waals surface area (Å²) < 4.78 is 11.9. The van der Waals surface area contributed by atoms with Crippen molar-refractivity contribution in [3.8, 4) is 0 Å². The highest BCUT2D eigenvalue weighted by Gasteiger charge is 2.68. The molecule has 3 heterocycles. The largest absolute Gasteiger partial charge is 0.396 e. The van der Waals surface area contributed by atoms with Crippen LogP contribution in [0.1, 0.15) is 52.9 Å². The highest BCUT2D eigenvalue weighted by Crippen LogP contribution is 2.60. The second kappa shape index (κ2) is 5.17. The Bertz CT molecular complexity index is 396. The van der Waals surface area contributed by atoms with E-state index in [4.69, 9.17) is 19.2 Å². The van der Waals surface area contributed by atoms with E-state index < -0.39 is 17.7 Å². The molecule has 4 fully saturated rings. The summed E-state index contributed by atoms with van der Waals surface area (Å²) in [6, 6.07) is 0. The van der Waals surface area contributed by atoms with Crippen LogP contribution in [0.3, 0.4) is 0 Å². The number of hydrogen-bond acceptors (Lipinski definition) is 5. The summed E-state index contributed by atoms with van der Waals surface area (Å²) in [6.45, 7) is 6.42. The average molecular weight is 300 g/mol. The summed E-state index contributed by atoms with van der Waals surface area (Å²) in [5.74, 6) is -0.281. The van der Waals surface area contributed by atoms with E-state index >= 15 is 0 Å². The van der Waals surface area contributed by atoms with Crippen LogP contribution < -0.4 is 0 Å². The monoisotopic (exact) mass is 300 g/mol. The quantitative estimate of drug-likeness (QED) is 0.812. The fourth-order valence-corrected chi connectivity index (χ4v) is 4.52. The molecule has 1 N–H and O–H groups in total. The van der Waals surface area contributed by atoms with Crippen molar-refractivity contribution in [3.63, 3.8) is 0 Å². The maximum atomic E-state index is 9.44. The Kier molecular flexibility index (Phi) is 3.86. The first-order chi connectivity index (χ1) is 9.89. The molecular weight excluding hydrogens is 272 g/mol. The maximum Gasteiger partial charge on any atom is 0.206 e. The van der Waals surface area contributed by atoms with Gasteiger partial charge in [-0.2, -0.15) is 4.89 Å². The minimum atomic E-state index is -0.806. The van der Waals surface area contributed by atoms with Crippen LogP contribution in [-0.4, -0.2) is 36.5 Å². The molecule has 4 aliphatic rings. The van der Waals surface area contributed by atoms with Gasteiger partial charge in [0.25, 0.3) is 0 Å².